The quantitative estimate of drug-likeness (QED) is 0.849. The van der Waals surface area contributed by atoms with Gasteiger partial charge in [-0.2, -0.15) is 0 Å². The van der Waals surface area contributed by atoms with Gasteiger partial charge in [-0.1, -0.05) is 23.7 Å². The van der Waals surface area contributed by atoms with E-state index in [9.17, 15) is 4.79 Å². The fraction of sp³-hybridized carbons (Fsp3) is 0.308. The average Bonchev–Trinajstić information content (AvgIpc) is 2.84. The van der Waals surface area contributed by atoms with Gasteiger partial charge in [0.05, 0.1) is 30.4 Å². The van der Waals surface area contributed by atoms with Crippen molar-refractivity contribution in [1.82, 2.24) is 4.98 Å². The number of carbonyl (C=O) groups is 1. The lowest BCUT2D eigenvalue weighted by atomic mass is 10.1. The molecule has 1 aromatic carbocycles. The molecule has 2 heterocycles. The molecule has 1 atom stereocenters. The number of para-hydroxylation sites is 1. The van der Waals surface area contributed by atoms with Crippen molar-refractivity contribution in [3.05, 3.63) is 35.0 Å². The molecule has 0 spiro atoms. The minimum Gasteiger partial charge on any atom is -0.376 e. The number of ketones is 1. The van der Waals surface area contributed by atoms with Gasteiger partial charge in [-0.3, -0.25) is 4.79 Å². The molecule has 4 nitrogen and oxygen atoms in total. The van der Waals surface area contributed by atoms with Crippen molar-refractivity contribution in [2.75, 3.05) is 19.8 Å². The minimum absolute atomic E-state index is 0.0665. The summed E-state index contributed by atoms with van der Waals surface area (Å²) in [5.74, 6) is -0.0665. The van der Waals surface area contributed by atoms with Crippen LogP contribution in [0.15, 0.2) is 24.4 Å². The SMILES string of the molecule is O=C(c1c[nH]c2c(Cl)cccc12)C1COCCO1. The van der Waals surface area contributed by atoms with Crippen LogP contribution >= 0.6 is 11.6 Å². The first-order valence-corrected chi connectivity index (χ1v) is 6.14. The van der Waals surface area contributed by atoms with E-state index in [4.69, 9.17) is 21.1 Å². The first kappa shape index (κ1) is 11.7. The Morgan fingerprint density at radius 3 is 3.06 bits per heavy atom. The van der Waals surface area contributed by atoms with Crippen LogP contribution in [0.1, 0.15) is 10.4 Å². The number of hydrogen-bond donors (Lipinski definition) is 1. The van der Waals surface area contributed by atoms with Gasteiger partial charge in [0.25, 0.3) is 0 Å². The van der Waals surface area contributed by atoms with Crippen molar-refractivity contribution < 1.29 is 14.3 Å². The number of rotatable bonds is 2. The second kappa shape index (κ2) is 4.72. The Hall–Kier alpha value is -1.36. The van der Waals surface area contributed by atoms with Gasteiger partial charge in [-0.25, -0.2) is 0 Å². The van der Waals surface area contributed by atoms with E-state index in [0.29, 0.717) is 30.4 Å². The Bertz CT molecular complexity index is 587. The number of ether oxygens (including phenoxy) is 2. The van der Waals surface area contributed by atoms with Crippen LogP contribution in [0.2, 0.25) is 5.02 Å². The molecule has 0 bridgehead atoms. The monoisotopic (exact) mass is 265 g/mol. The highest BCUT2D eigenvalue weighted by Gasteiger charge is 2.26. The molecule has 1 saturated heterocycles. The van der Waals surface area contributed by atoms with E-state index in [2.05, 4.69) is 4.98 Å². The third-order valence-corrected chi connectivity index (χ3v) is 3.35. The maximum atomic E-state index is 12.3. The highest BCUT2D eigenvalue weighted by Crippen LogP contribution is 2.26. The molecule has 1 aliphatic rings. The van der Waals surface area contributed by atoms with Crippen LogP contribution in [0.4, 0.5) is 0 Å². The van der Waals surface area contributed by atoms with Crippen molar-refractivity contribution >= 4 is 28.3 Å². The maximum Gasteiger partial charge on any atom is 0.196 e. The predicted octanol–water partition coefficient (Wildman–Crippen LogP) is 2.42. The molecule has 1 N–H and O–H groups in total. The van der Waals surface area contributed by atoms with Gasteiger partial charge >= 0.3 is 0 Å². The number of halogens is 1. The third-order valence-electron chi connectivity index (χ3n) is 3.04. The Labute approximate surface area is 109 Å². The molecule has 0 radical (unpaired) electrons. The van der Waals surface area contributed by atoms with E-state index >= 15 is 0 Å². The predicted molar refractivity (Wildman–Crippen MR) is 68.2 cm³/mol. The van der Waals surface area contributed by atoms with E-state index < -0.39 is 6.10 Å². The zero-order valence-corrected chi connectivity index (χ0v) is 10.4. The molecule has 5 heteroatoms. The van der Waals surface area contributed by atoms with Gasteiger partial charge < -0.3 is 14.5 Å². The summed E-state index contributed by atoms with van der Waals surface area (Å²) in [4.78, 5) is 15.3. The van der Waals surface area contributed by atoms with Crippen LogP contribution in [0, 0.1) is 0 Å². The number of aromatic nitrogens is 1. The first-order chi connectivity index (χ1) is 8.77. The van der Waals surface area contributed by atoms with Crippen molar-refractivity contribution in [2.24, 2.45) is 0 Å². The van der Waals surface area contributed by atoms with Crippen LogP contribution in [0.25, 0.3) is 10.9 Å². The molecule has 0 amide bonds. The molecule has 18 heavy (non-hydrogen) atoms. The lowest BCUT2D eigenvalue weighted by Gasteiger charge is -2.21. The number of benzene rings is 1. The standard InChI is InChI=1S/C13H12ClNO3/c14-10-3-1-2-8-9(6-15-12(8)10)13(16)11-7-17-4-5-18-11/h1-3,6,11,15H,4-5,7H2. The number of fused-ring (bicyclic) bond motifs is 1. The molecule has 94 valence electrons. The summed E-state index contributed by atoms with van der Waals surface area (Å²) in [5.41, 5.74) is 1.38. The fourth-order valence-electron chi connectivity index (χ4n) is 2.13. The molecule has 1 aromatic heterocycles. The molecule has 1 unspecified atom stereocenters. The molecule has 2 aromatic rings. The summed E-state index contributed by atoms with van der Waals surface area (Å²) >= 11 is 6.06. The topological polar surface area (TPSA) is 51.3 Å². The Balaban J connectivity index is 1.98. The Morgan fingerprint density at radius 1 is 1.39 bits per heavy atom. The molecule has 0 aliphatic carbocycles. The van der Waals surface area contributed by atoms with E-state index in [-0.39, 0.29) is 5.78 Å². The van der Waals surface area contributed by atoms with Gasteiger partial charge in [0, 0.05) is 17.1 Å². The van der Waals surface area contributed by atoms with Crippen molar-refractivity contribution in [1.29, 1.82) is 0 Å². The molecule has 1 aliphatic heterocycles. The maximum absolute atomic E-state index is 12.3. The summed E-state index contributed by atoms with van der Waals surface area (Å²) < 4.78 is 10.7. The van der Waals surface area contributed by atoms with Crippen LogP contribution in [0.5, 0.6) is 0 Å². The highest BCUT2D eigenvalue weighted by molar-refractivity contribution is 6.35. The zero-order chi connectivity index (χ0) is 12.5. The smallest absolute Gasteiger partial charge is 0.196 e. The summed E-state index contributed by atoms with van der Waals surface area (Å²) in [6.45, 7) is 1.31. The molecular weight excluding hydrogens is 254 g/mol. The second-order valence-electron chi connectivity index (χ2n) is 4.16. The lowest BCUT2D eigenvalue weighted by Crippen LogP contribution is -2.35. The Morgan fingerprint density at radius 2 is 2.28 bits per heavy atom. The number of H-pyrrole nitrogens is 1. The first-order valence-electron chi connectivity index (χ1n) is 5.76. The summed E-state index contributed by atoms with van der Waals surface area (Å²) in [5, 5.41) is 1.43. The fourth-order valence-corrected chi connectivity index (χ4v) is 2.36. The zero-order valence-electron chi connectivity index (χ0n) is 9.61. The van der Waals surface area contributed by atoms with Gasteiger partial charge in [0.15, 0.2) is 5.78 Å². The van der Waals surface area contributed by atoms with Crippen molar-refractivity contribution in [2.45, 2.75) is 6.10 Å². The lowest BCUT2D eigenvalue weighted by molar-refractivity contribution is -0.0718. The number of Topliss-reactive ketones (excluding diaryl/α,β-unsaturated/α-hetero) is 1. The van der Waals surface area contributed by atoms with Crippen LogP contribution < -0.4 is 0 Å². The van der Waals surface area contributed by atoms with Crippen LogP contribution in [0.3, 0.4) is 0 Å². The summed E-state index contributed by atoms with van der Waals surface area (Å²) in [6.07, 6.45) is 1.16. The Kier molecular flexibility index (Phi) is 3.07. The molecule has 0 saturated carbocycles. The van der Waals surface area contributed by atoms with Crippen LogP contribution in [-0.2, 0) is 9.47 Å². The number of carbonyl (C=O) groups excluding carboxylic acids is 1. The van der Waals surface area contributed by atoms with E-state index in [0.717, 1.165) is 10.9 Å². The van der Waals surface area contributed by atoms with E-state index in [1.165, 1.54) is 0 Å². The normalized spacial score (nSPS) is 20.2. The molecular formula is C13H12ClNO3. The average molecular weight is 266 g/mol. The van der Waals surface area contributed by atoms with Crippen molar-refractivity contribution in [3.8, 4) is 0 Å². The van der Waals surface area contributed by atoms with Crippen LogP contribution in [-0.4, -0.2) is 36.7 Å². The number of nitrogens with one attached hydrogen (secondary N) is 1. The second-order valence-corrected chi connectivity index (χ2v) is 4.57. The summed E-state index contributed by atoms with van der Waals surface area (Å²) in [7, 11) is 0. The minimum atomic E-state index is -0.517. The van der Waals surface area contributed by atoms with Gasteiger partial charge in [0.1, 0.15) is 6.10 Å². The highest BCUT2D eigenvalue weighted by atomic mass is 35.5. The van der Waals surface area contributed by atoms with Gasteiger partial charge in [-0.15, -0.1) is 0 Å². The molecule has 3 rings (SSSR count). The summed E-state index contributed by atoms with van der Waals surface area (Å²) in [6, 6.07) is 5.48. The van der Waals surface area contributed by atoms with E-state index in [1.54, 1.807) is 12.3 Å². The number of hydrogen-bond acceptors (Lipinski definition) is 3. The van der Waals surface area contributed by atoms with Gasteiger partial charge in [-0.05, 0) is 6.07 Å². The largest absolute Gasteiger partial charge is 0.376 e. The number of aromatic amines is 1. The third kappa shape index (κ3) is 1.92. The van der Waals surface area contributed by atoms with Gasteiger partial charge in [0.2, 0.25) is 0 Å². The van der Waals surface area contributed by atoms with E-state index in [1.807, 2.05) is 12.1 Å². The molecule has 1 fully saturated rings. The van der Waals surface area contributed by atoms with Crippen molar-refractivity contribution in [3.63, 3.8) is 0 Å².